The lowest BCUT2D eigenvalue weighted by molar-refractivity contribution is 0.624. The summed E-state index contributed by atoms with van der Waals surface area (Å²) in [6.07, 6.45) is 6.02. The first-order valence-corrected chi connectivity index (χ1v) is 5.80. The van der Waals surface area contributed by atoms with E-state index in [0.717, 1.165) is 18.7 Å². The summed E-state index contributed by atoms with van der Waals surface area (Å²) in [5, 5.41) is 11.9. The molecule has 0 amide bonds. The van der Waals surface area contributed by atoms with E-state index in [9.17, 15) is 0 Å². The van der Waals surface area contributed by atoms with Crippen LogP contribution in [0.5, 0.6) is 0 Å². The van der Waals surface area contributed by atoms with Gasteiger partial charge in [0.2, 0.25) is 0 Å². The van der Waals surface area contributed by atoms with Crippen molar-refractivity contribution >= 4 is 0 Å². The van der Waals surface area contributed by atoms with E-state index in [1.54, 1.807) is 7.05 Å². The Labute approximate surface area is 100 Å². The lowest BCUT2D eigenvalue weighted by atomic mass is 10.1. The number of nitrogens with zero attached hydrogens (tertiary/aromatic N) is 5. The number of hydrogen-bond donors (Lipinski definition) is 1. The fourth-order valence-electron chi connectivity index (χ4n) is 1.71. The first-order valence-electron chi connectivity index (χ1n) is 5.80. The van der Waals surface area contributed by atoms with E-state index in [-0.39, 0.29) is 6.04 Å². The summed E-state index contributed by atoms with van der Waals surface area (Å²) in [6, 6.07) is 2.33. The molecule has 0 fully saturated rings. The first kappa shape index (κ1) is 11.8. The minimum absolute atomic E-state index is 0.237. The van der Waals surface area contributed by atoms with Gasteiger partial charge in [-0.2, -0.15) is 4.80 Å². The van der Waals surface area contributed by atoms with E-state index in [4.69, 9.17) is 5.73 Å². The van der Waals surface area contributed by atoms with Crippen molar-refractivity contribution in [3.8, 4) is 0 Å². The molecule has 0 saturated carbocycles. The predicted octanol–water partition coefficient (Wildman–Crippen LogP) is 0.340. The van der Waals surface area contributed by atoms with Gasteiger partial charge in [0.25, 0.3) is 0 Å². The number of tetrazole rings is 1. The van der Waals surface area contributed by atoms with Crippen LogP contribution >= 0.6 is 0 Å². The summed E-state index contributed by atoms with van der Waals surface area (Å²) in [5.41, 5.74) is 7.18. The van der Waals surface area contributed by atoms with Gasteiger partial charge in [-0.3, -0.25) is 0 Å². The van der Waals surface area contributed by atoms with Gasteiger partial charge in [-0.25, -0.2) is 0 Å². The quantitative estimate of drug-likeness (QED) is 0.809. The van der Waals surface area contributed by atoms with Gasteiger partial charge in [0.05, 0.1) is 13.6 Å². The molecule has 0 spiro atoms. The van der Waals surface area contributed by atoms with Crippen molar-refractivity contribution in [2.45, 2.75) is 32.4 Å². The highest BCUT2D eigenvalue weighted by Crippen LogP contribution is 2.06. The average Bonchev–Trinajstić information content (AvgIpc) is 2.89. The minimum atomic E-state index is 0.237. The molecule has 2 aromatic rings. The van der Waals surface area contributed by atoms with Gasteiger partial charge in [0.15, 0.2) is 5.82 Å². The largest absolute Gasteiger partial charge is 0.346 e. The maximum atomic E-state index is 5.92. The molecule has 6 nitrogen and oxygen atoms in total. The lowest BCUT2D eigenvalue weighted by Crippen LogP contribution is -2.21. The lowest BCUT2D eigenvalue weighted by Gasteiger charge is -2.05. The highest BCUT2D eigenvalue weighted by atomic mass is 15.6. The minimum Gasteiger partial charge on any atom is -0.346 e. The highest BCUT2D eigenvalue weighted by Gasteiger charge is 2.05. The molecule has 2 rings (SSSR count). The smallest absolute Gasteiger partial charge is 0.194 e. The Morgan fingerprint density at radius 1 is 1.47 bits per heavy atom. The third-order valence-corrected chi connectivity index (χ3v) is 2.71. The first-order chi connectivity index (χ1) is 8.17. The van der Waals surface area contributed by atoms with Crippen LogP contribution in [0.2, 0.25) is 0 Å². The van der Waals surface area contributed by atoms with Crippen molar-refractivity contribution in [1.29, 1.82) is 0 Å². The summed E-state index contributed by atoms with van der Waals surface area (Å²) < 4.78 is 2.05. The molecule has 0 radical (unpaired) electrons. The molecule has 0 aliphatic rings. The summed E-state index contributed by atoms with van der Waals surface area (Å²) >= 11 is 0. The van der Waals surface area contributed by atoms with E-state index in [2.05, 4.69) is 39.2 Å². The Morgan fingerprint density at radius 2 is 2.29 bits per heavy atom. The van der Waals surface area contributed by atoms with Crippen molar-refractivity contribution in [3.63, 3.8) is 0 Å². The Balaban J connectivity index is 1.98. The second kappa shape index (κ2) is 5.09. The van der Waals surface area contributed by atoms with E-state index in [0.29, 0.717) is 6.54 Å². The zero-order chi connectivity index (χ0) is 12.3. The van der Waals surface area contributed by atoms with Gasteiger partial charge in [-0.1, -0.05) is 6.92 Å². The molecule has 0 bridgehead atoms. The molecule has 6 heteroatoms. The molecule has 92 valence electrons. The van der Waals surface area contributed by atoms with Crippen LogP contribution in [0.4, 0.5) is 0 Å². The molecule has 0 aromatic carbocycles. The van der Waals surface area contributed by atoms with Gasteiger partial charge >= 0.3 is 0 Å². The van der Waals surface area contributed by atoms with Crippen LogP contribution in [0, 0.1) is 0 Å². The standard InChI is InChI=1S/C11H18N6/c1-3-10(12)6-9-4-5-17(7-9)8-11-13-15-16(2)14-11/h4-5,7,10H,3,6,8,12H2,1-2H3. The third-order valence-electron chi connectivity index (χ3n) is 2.71. The molecular formula is C11H18N6. The van der Waals surface area contributed by atoms with Crippen LogP contribution in [-0.2, 0) is 20.0 Å². The van der Waals surface area contributed by atoms with E-state index in [1.165, 1.54) is 10.4 Å². The van der Waals surface area contributed by atoms with Gasteiger partial charge in [0.1, 0.15) is 0 Å². The van der Waals surface area contributed by atoms with Crippen molar-refractivity contribution < 1.29 is 0 Å². The molecule has 0 saturated heterocycles. The van der Waals surface area contributed by atoms with Gasteiger partial charge < -0.3 is 10.3 Å². The number of aryl methyl sites for hydroxylation is 1. The summed E-state index contributed by atoms with van der Waals surface area (Å²) in [6.45, 7) is 2.75. The highest BCUT2D eigenvalue weighted by molar-refractivity contribution is 5.12. The summed E-state index contributed by atoms with van der Waals surface area (Å²) in [5.74, 6) is 0.717. The molecule has 1 atom stereocenters. The van der Waals surface area contributed by atoms with E-state index in [1.807, 2.05) is 6.20 Å². The Kier molecular flexibility index (Phi) is 3.53. The van der Waals surface area contributed by atoms with Gasteiger partial charge in [-0.05, 0) is 29.7 Å². The van der Waals surface area contributed by atoms with Crippen LogP contribution < -0.4 is 5.73 Å². The molecule has 17 heavy (non-hydrogen) atoms. The van der Waals surface area contributed by atoms with Gasteiger partial charge in [-0.15, -0.1) is 10.2 Å². The van der Waals surface area contributed by atoms with Gasteiger partial charge in [0, 0.05) is 18.4 Å². The summed E-state index contributed by atoms with van der Waals surface area (Å²) in [4.78, 5) is 1.47. The second-order valence-electron chi connectivity index (χ2n) is 4.26. The predicted molar refractivity (Wildman–Crippen MR) is 64.3 cm³/mol. The molecule has 0 aliphatic carbocycles. The fourth-order valence-corrected chi connectivity index (χ4v) is 1.71. The normalized spacial score (nSPS) is 12.9. The van der Waals surface area contributed by atoms with Crippen molar-refractivity contribution in [2.24, 2.45) is 12.8 Å². The molecule has 2 heterocycles. The summed E-state index contributed by atoms with van der Waals surface area (Å²) in [7, 11) is 1.76. The maximum absolute atomic E-state index is 5.92. The van der Waals surface area contributed by atoms with Crippen molar-refractivity contribution in [3.05, 3.63) is 29.8 Å². The molecule has 2 aromatic heterocycles. The van der Waals surface area contributed by atoms with Crippen molar-refractivity contribution in [1.82, 2.24) is 24.8 Å². The maximum Gasteiger partial charge on any atom is 0.194 e. The average molecular weight is 234 g/mol. The van der Waals surface area contributed by atoms with Crippen LogP contribution in [0.25, 0.3) is 0 Å². The van der Waals surface area contributed by atoms with Crippen LogP contribution in [0.1, 0.15) is 24.7 Å². The zero-order valence-electron chi connectivity index (χ0n) is 10.2. The SMILES string of the molecule is CCC(N)Cc1ccn(Cc2nnn(C)n2)c1. The molecular weight excluding hydrogens is 216 g/mol. The monoisotopic (exact) mass is 234 g/mol. The molecule has 0 aliphatic heterocycles. The van der Waals surface area contributed by atoms with Crippen molar-refractivity contribution in [2.75, 3.05) is 0 Å². The molecule has 1 unspecified atom stereocenters. The van der Waals surface area contributed by atoms with E-state index >= 15 is 0 Å². The number of aromatic nitrogens is 5. The fraction of sp³-hybridized carbons (Fsp3) is 0.545. The Morgan fingerprint density at radius 3 is 2.94 bits per heavy atom. The Hall–Kier alpha value is -1.69. The van der Waals surface area contributed by atoms with Crippen LogP contribution in [0.3, 0.4) is 0 Å². The second-order valence-corrected chi connectivity index (χ2v) is 4.26. The molecule has 2 N–H and O–H groups in total. The third kappa shape index (κ3) is 3.13. The number of rotatable bonds is 5. The topological polar surface area (TPSA) is 74.6 Å². The Bertz CT molecular complexity index is 472. The van der Waals surface area contributed by atoms with Crippen LogP contribution in [-0.4, -0.2) is 30.8 Å². The van der Waals surface area contributed by atoms with Crippen LogP contribution in [0.15, 0.2) is 18.5 Å². The zero-order valence-corrected chi connectivity index (χ0v) is 10.2. The number of hydrogen-bond acceptors (Lipinski definition) is 4. The number of nitrogens with two attached hydrogens (primary N) is 1. The van der Waals surface area contributed by atoms with E-state index < -0.39 is 0 Å².